The van der Waals surface area contributed by atoms with Crippen molar-refractivity contribution in [2.24, 2.45) is 0 Å². The molecule has 0 spiro atoms. The maximum Gasteiger partial charge on any atom is 0.328 e. The number of nitrogens with zero attached hydrogens (tertiary/aromatic N) is 5. The van der Waals surface area contributed by atoms with Gasteiger partial charge in [-0.1, -0.05) is 83.9 Å². The summed E-state index contributed by atoms with van der Waals surface area (Å²) in [6, 6.07) is 30.0. The minimum absolute atomic E-state index is 0.0278. The SMILES string of the molecule is CN1CCCC(n2nc(Cc3ccc(Cl)cc3)c3ccccc3c2=O)CC1.Cc1ccc(/C(=C\CN2CCCC2)c2cccc(/C=C/C(=O)O)n2)cc1. The van der Waals surface area contributed by atoms with Crippen molar-refractivity contribution in [1.29, 1.82) is 0 Å². The largest absolute Gasteiger partial charge is 0.478 e. The van der Waals surface area contributed by atoms with Crippen LogP contribution >= 0.6 is 11.6 Å². The quantitative estimate of drug-likeness (QED) is 0.153. The summed E-state index contributed by atoms with van der Waals surface area (Å²) in [7, 11) is 2.14. The monoisotopic (exact) mass is 729 g/mol. The Bertz CT molecular complexity index is 2120. The van der Waals surface area contributed by atoms with Crippen LogP contribution in [0.15, 0.2) is 108 Å². The molecule has 4 heterocycles. The Morgan fingerprint density at radius 1 is 0.868 bits per heavy atom. The lowest BCUT2D eigenvalue weighted by Crippen LogP contribution is -2.29. The van der Waals surface area contributed by atoms with Crippen LogP contribution in [0.25, 0.3) is 22.4 Å². The topological polar surface area (TPSA) is 91.6 Å². The molecule has 1 N–H and O–H groups in total. The Morgan fingerprint density at radius 3 is 2.34 bits per heavy atom. The molecule has 1 atom stereocenters. The van der Waals surface area contributed by atoms with E-state index in [0.717, 1.165) is 102 Å². The van der Waals surface area contributed by atoms with Gasteiger partial charge in [0.15, 0.2) is 0 Å². The molecule has 8 nitrogen and oxygen atoms in total. The molecule has 0 saturated carbocycles. The second-order valence-corrected chi connectivity index (χ2v) is 14.5. The van der Waals surface area contributed by atoms with Crippen molar-refractivity contribution >= 4 is 40.0 Å². The van der Waals surface area contributed by atoms with Gasteiger partial charge in [0.2, 0.25) is 0 Å². The maximum atomic E-state index is 13.1. The summed E-state index contributed by atoms with van der Waals surface area (Å²) in [6.45, 7) is 7.35. The predicted molar refractivity (Wildman–Crippen MR) is 215 cm³/mol. The molecule has 2 aliphatic rings. The number of carboxylic acids is 1. The van der Waals surface area contributed by atoms with Gasteiger partial charge in [-0.05, 0) is 120 Å². The third-order valence-corrected chi connectivity index (χ3v) is 10.3. The van der Waals surface area contributed by atoms with Gasteiger partial charge in [0.25, 0.3) is 5.56 Å². The van der Waals surface area contributed by atoms with Crippen molar-refractivity contribution in [1.82, 2.24) is 24.6 Å². The zero-order valence-corrected chi connectivity index (χ0v) is 31.4. The molecule has 9 heteroatoms. The lowest BCUT2D eigenvalue weighted by atomic mass is 10.00. The molecular weight excluding hydrogens is 682 g/mol. The molecule has 1 unspecified atom stereocenters. The van der Waals surface area contributed by atoms with Crippen LogP contribution in [0.3, 0.4) is 0 Å². The van der Waals surface area contributed by atoms with E-state index in [1.54, 1.807) is 4.68 Å². The number of carbonyl (C=O) groups is 1. The lowest BCUT2D eigenvalue weighted by molar-refractivity contribution is -0.131. The van der Waals surface area contributed by atoms with Gasteiger partial charge in [0.1, 0.15) is 0 Å². The Morgan fingerprint density at radius 2 is 1.60 bits per heavy atom. The number of hydrogen-bond donors (Lipinski definition) is 1. The van der Waals surface area contributed by atoms with E-state index >= 15 is 0 Å². The van der Waals surface area contributed by atoms with Crippen molar-refractivity contribution in [3.05, 3.63) is 152 Å². The number of hydrogen-bond acceptors (Lipinski definition) is 6. The minimum atomic E-state index is -0.972. The van der Waals surface area contributed by atoms with E-state index < -0.39 is 5.97 Å². The molecule has 0 amide bonds. The highest BCUT2D eigenvalue weighted by atomic mass is 35.5. The number of benzene rings is 3. The zero-order chi connectivity index (χ0) is 37.2. The third-order valence-electron chi connectivity index (χ3n) is 10.0. The number of likely N-dealkylation sites (tertiary alicyclic amines) is 2. The van der Waals surface area contributed by atoms with E-state index in [0.29, 0.717) is 12.1 Å². The van der Waals surface area contributed by atoms with Gasteiger partial charge in [-0.25, -0.2) is 14.5 Å². The van der Waals surface area contributed by atoms with E-state index in [1.165, 1.54) is 24.5 Å². The number of aromatic nitrogens is 3. The highest BCUT2D eigenvalue weighted by molar-refractivity contribution is 6.30. The average Bonchev–Trinajstić information content (AvgIpc) is 3.60. The van der Waals surface area contributed by atoms with Gasteiger partial charge in [-0.15, -0.1) is 0 Å². The summed E-state index contributed by atoms with van der Waals surface area (Å²) >= 11 is 6.02. The molecule has 2 aromatic heterocycles. The average molecular weight is 730 g/mol. The summed E-state index contributed by atoms with van der Waals surface area (Å²) in [5.41, 5.74) is 7.06. The Hall–Kier alpha value is -4.89. The summed E-state index contributed by atoms with van der Waals surface area (Å²) in [6.07, 6.45) is 11.1. The maximum absolute atomic E-state index is 13.1. The predicted octanol–water partition coefficient (Wildman–Crippen LogP) is 8.31. The van der Waals surface area contributed by atoms with Crippen LogP contribution in [0.1, 0.15) is 71.9 Å². The lowest BCUT2D eigenvalue weighted by Gasteiger charge is -2.19. The fourth-order valence-corrected chi connectivity index (χ4v) is 7.18. The zero-order valence-electron chi connectivity index (χ0n) is 30.6. The van der Waals surface area contributed by atoms with Crippen LogP contribution in [0.4, 0.5) is 0 Å². The third kappa shape index (κ3) is 10.4. The molecule has 2 aliphatic heterocycles. The van der Waals surface area contributed by atoms with Gasteiger partial charge >= 0.3 is 5.97 Å². The van der Waals surface area contributed by atoms with Gasteiger partial charge in [0, 0.05) is 35.0 Å². The molecule has 7 rings (SSSR count). The first kappa shape index (κ1) is 37.9. The van der Waals surface area contributed by atoms with Crippen LogP contribution in [0.2, 0.25) is 5.02 Å². The molecule has 5 aromatic rings. The van der Waals surface area contributed by atoms with E-state index in [2.05, 4.69) is 59.1 Å². The van der Waals surface area contributed by atoms with Gasteiger partial charge < -0.3 is 10.0 Å². The second kappa shape index (κ2) is 18.2. The van der Waals surface area contributed by atoms with Crippen LogP contribution < -0.4 is 5.56 Å². The molecule has 0 bridgehead atoms. The summed E-state index contributed by atoms with van der Waals surface area (Å²) < 4.78 is 1.76. The first-order valence-corrected chi connectivity index (χ1v) is 18.9. The first-order chi connectivity index (χ1) is 25.7. The van der Waals surface area contributed by atoms with E-state index in [-0.39, 0.29) is 11.6 Å². The molecule has 0 radical (unpaired) electrons. The highest BCUT2D eigenvalue weighted by Crippen LogP contribution is 2.25. The Labute approximate surface area is 317 Å². The highest BCUT2D eigenvalue weighted by Gasteiger charge is 2.21. The molecule has 53 heavy (non-hydrogen) atoms. The number of halogens is 1. The summed E-state index contributed by atoms with van der Waals surface area (Å²) in [4.78, 5) is 33.3. The second-order valence-electron chi connectivity index (χ2n) is 14.0. The number of aryl methyl sites for hydroxylation is 1. The molecular formula is C44H48ClN5O3. The number of aliphatic carboxylic acids is 1. The van der Waals surface area contributed by atoms with Crippen molar-refractivity contribution in [3.63, 3.8) is 0 Å². The molecule has 2 fully saturated rings. The van der Waals surface area contributed by atoms with Gasteiger partial charge in [-0.3, -0.25) is 9.69 Å². The number of pyridine rings is 1. The van der Waals surface area contributed by atoms with Crippen LogP contribution in [0.5, 0.6) is 0 Å². The van der Waals surface area contributed by atoms with Crippen LogP contribution in [-0.2, 0) is 11.2 Å². The minimum Gasteiger partial charge on any atom is -0.478 e. The van der Waals surface area contributed by atoms with Crippen LogP contribution in [0, 0.1) is 6.92 Å². The van der Waals surface area contributed by atoms with E-state index in [9.17, 15) is 9.59 Å². The van der Waals surface area contributed by atoms with Crippen molar-refractivity contribution < 1.29 is 9.90 Å². The van der Waals surface area contributed by atoms with Gasteiger partial charge in [-0.2, -0.15) is 5.10 Å². The summed E-state index contributed by atoms with van der Waals surface area (Å²) in [5.74, 6) is -0.972. The van der Waals surface area contributed by atoms with Crippen molar-refractivity contribution in [3.8, 4) is 0 Å². The number of carboxylic acid groups (broad SMARTS) is 1. The molecule has 3 aromatic carbocycles. The molecule has 274 valence electrons. The molecule has 2 saturated heterocycles. The Kier molecular flexibility index (Phi) is 13.0. The fourth-order valence-electron chi connectivity index (χ4n) is 7.05. The standard InChI is InChI=1S/C22H24ClN3O.C22H24N2O2/c1-25-13-4-5-18(12-14-25)26-22(27)20-7-3-2-6-19(20)21(24-26)15-16-8-10-17(23)11-9-16;1-17-7-9-18(10-8-17)20(13-16-24-14-2-3-15-24)21-6-4-5-19(23-21)11-12-22(25)26/h2-3,6-11,18H,4-5,12-15H2,1H3;4-13H,2-3,14-16H2,1H3,(H,25,26)/b;12-11+,20-13+. The van der Waals surface area contributed by atoms with E-state index in [1.807, 2.05) is 66.7 Å². The fraction of sp³-hybridized carbons (Fsp3) is 0.318. The number of fused-ring (bicyclic) bond motifs is 1. The first-order valence-electron chi connectivity index (χ1n) is 18.5. The van der Waals surface area contributed by atoms with E-state index in [4.69, 9.17) is 21.8 Å². The molecule has 0 aliphatic carbocycles. The summed E-state index contributed by atoms with van der Waals surface area (Å²) in [5, 5.41) is 16.1. The normalized spacial score (nSPS) is 17.1. The smallest absolute Gasteiger partial charge is 0.328 e. The van der Waals surface area contributed by atoms with Gasteiger partial charge in [0.05, 0.1) is 28.5 Å². The Balaban J connectivity index is 0.000000182. The number of rotatable bonds is 9. The van der Waals surface area contributed by atoms with Crippen molar-refractivity contribution in [2.45, 2.75) is 51.5 Å². The van der Waals surface area contributed by atoms with Crippen LogP contribution in [-0.4, -0.2) is 75.4 Å². The van der Waals surface area contributed by atoms with Crippen molar-refractivity contribution in [2.75, 3.05) is 39.8 Å².